The van der Waals surface area contributed by atoms with Crippen molar-refractivity contribution in [1.29, 1.82) is 0 Å². The van der Waals surface area contributed by atoms with Gasteiger partial charge in [-0.25, -0.2) is 13.4 Å². The summed E-state index contributed by atoms with van der Waals surface area (Å²) in [5, 5.41) is 6.21. The molecule has 0 amide bonds. The first-order valence-corrected chi connectivity index (χ1v) is 10.8. The second-order valence-electron chi connectivity index (χ2n) is 7.25. The van der Waals surface area contributed by atoms with Gasteiger partial charge >= 0.3 is 0 Å². The zero-order valence-electron chi connectivity index (χ0n) is 14.9. The lowest BCUT2D eigenvalue weighted by atomic mass is 9.94. The summed E-state index contributed by atoms with van der Waals surface area (Å²) in [7, 11) is -2.96. The normalized spacial score (nSPS) is 28.8. The van der Waals surface area contributed by atoms with E-state index in [2.05, 4.69) is 34.4 Å². The first-order chi connectivity index (χ1) is 12.0. The predicted octanol–water partition coefficient (Wildman–Crippen LogP) is 2.08. The Balaban J connectivity index is 1.61. The highest BCUT2D eigenvalue weighted by molar-refractivity contribution is 7.92. The molecule has 0 unspecified atom stereocenters. The Hall–Kier alpha value is -1.41. The van der Waals surface area contributed by atoms with Crippen molar-refractivity contribution in [1.82, 2.24) is 9.97 Å². The van der Waals surface area contributed by atoms with Gasteiger partial charge in [0.2, 0.25) is 5.95 Å². The molecule has 3 heterocycles. The van der Waals surface area contributed by atoms with E-state index in [1.54, 1.807) is 6.20 Å². The van der Waals surface area contributed by atoms with E-state index in [0.717, 1.165) is 31.7 Å². The van der Waals surface area contributed by atoms with Crippen LogP contribution in [0.4, 0.5) is 11.8 Å². The minimum absolute atomic E-state index is 0.170. The largest absolute Gasteiger partial charge is 0.376 e. The molecule has 1 aromatic rings. The monoisotopic (exact) mass is 368 g/mol. The van der Waals surface area contributed by atoms with Crippen molar-refractivity contribution in [3.8, 4) is 0 Å². The molecule has 0 spiro atoms. The molecule has 3 rings (SSSR count). The van der Waals surface area contributed by atoms with E-state index in [4.69, 9.17) is 4.74 Å². The summed E-state index contributed by atoms with van der Waals surface area (Å²) in [6.07, 6.45) is 5.41. The molecule has 2 aliphatic rings. The zero-order chi connectivity index (χ0) is 17.9. The fourth-order valence-corrected chi connectivity index (χ4v) is 5.39. The zero-order valence-corrected chi connectivity index (χ0v) is 15.8. The highest BCUT2D eigenvalue weighted by Gasteiger charge is 2.31. The van der Waals surface area contributed by atoms with Crippen molar-refractivity contribution >= 4 is 21.6 Å². The molecule has 0 bridgehead atoms. The maximum absolute atomic E-state index is 11.9. The molecule has 2 fully saturated rings. The van der Waals surface area contributed by atoms with Crippen molar-refractivity contribution in [2.75, 3.05) is 29.5 Å². The topological polar surface area (TPSA) is 93.2 Å². The number of sulfone groups is 1. The summed E-state index contributed by atoms with van der Waals surface area (Å²) < 4.78 is 29.7. The maximum atomic E-state index is 11.9. The number of anilines is 2. The van der Waals surface area contributed by atoms with Crippen molar-refractivity contribution in [3.05, 3.63) is 12.3 Å². The lowest BCUT2D eigenvalue weighted by Gasteiger charge is -2.35. The van der Waals surface area contributed by atoms with Gasteiger partial charge in [-0.05, 0) is 37.7 Å². The van der Waals surface area contributed by atoms with Crippen LogP contribution < -0.4 is 10.6 Å². The Labute approximate surface area is 149 Å². The van der Waals surface area contributed by atoms with Crippen molar-refractivity contribution in [3.63, 3.8) is 0 Å². The number of hydrogen-bond acceptors (Lipinski definition) is 7. The molecule has 7 nitrogen and oxygen atoms in total. The van der Waals surface area contributed by atoms with E-state index < -0.39 is 9.84 Å². The van der Waals surface area contributed by atoms with Crippen molar-refractivity contribution in [2.24, 2.45) is 5.92 Å². The summed E-state index contributed by atoms with van der Waals surface area (Å²) >= 11 is 0. The minimum atomic E-state index is -2.96. The van der Waals surface area contributed by atoms with Crippen LogP contribution in [-0.4, -0.2) is 54.7 Å². The average molecular weight is 369 g/mol. The minimum Gasteiger partial charge on any atom is -0.376 e. The van der Waals surface area contributed by atoms with Gasteiger partial charge in [0, 0.05) is 19.3 Å². The van der Waals surface area contributed by atoms with E-state index >= 15 is 0 Å². The lowest BCUT2D eigenvalue weighted by Crippen LogP contribution is -2.43. The van der Waals surface area contributed by atoms with Crippen LogP contribution in [0, 0.1) is 5.92 Å². The fraction of sp³-hybridized carbons (Fsp3) is 0.765. The van der Waals surface area contributed by atoms with Crippen LogP contribution >= 0.6 is 0 Å². The first-order valence-electron chi connectivity index (χ1n) is 9.12. The summed E-state index contributed by atoms with van der Waals surface area (Å²) in [6, 6.07) is 2.07. The third-order valence-electron chi connectivity index (χ3n) is 4.96. The van der Waals surface area contributed by atoms with Crippen LogP contribution in [0.3, 0.4) is 0 Å². The SMILES string of the molecule is CC(C)[C@@H]1OCCC[C@@H]1Nc1ccnc(NC[C@@H]2CCCS2(=O)=O)n1. The van der Waals surface area contributed by atoms with Gasteiger partial charge < -0.3 is 15.4 Å². The van der Waals surface area contributed by atoms with Gasteiger partial charge in [0.25, 0.3) is 0 Å². The van der Waals surface area contributed by atoms with Gasteiger partial charge in [-0.3, -0.25) is 0 Å². The van der Waals surface area contributed by atoms with Crippen LogP contribution in [0.5, 0.6) is 0 Å². The lowest BCUT2D eigenvalue weighted by molar-refractivity contribution is -0.0203. The highest BCUT2D eigenvalue weighted by Crippen LogP contribution is 2.24. The Morgan fingerprint density at radius 2 is 2.16 bits per heavy atom. The number of ether oxygens (including phenoxy) is 1. The quantitative estimate of drug-likeness (QED) is 0.794. The molecule has 3 atom stereocenters. The molecule has 1 aromatic heterocycles. The molecule has 0 radical (unpaired) electrons. The van der Waals surface area contributed by atoms with Crippen LogP contribution in [0.2, 0.25) is 0 Å². The van der Waals surface area contributed by atoms with Gasteiger partial charge in [0.1, 0.15) is 5.82 Å². The van der Waals surface area contributed by atoms with E-state index in [1.165, 1.54) is 0 Å². The number of rotatable bonds is 6. The summed E-state index contributed by atoms with van der Waals surface area (Å²) in [6.45, 7) is 5.51. The molecule has 0 saturated carbocycles. The van der Waals surface area contributed by atoms with Gasteiger partial charge in [-0.2, -0.15) is 4.98 Å². The Morgan fingerprint density at radius 3 is 2.88 bits per heavy atom. The van der Waals surface area contributed by atoms with Gasteiger partial charge in [0.05, 0.1) is 23.1 Å². The van der Waals surface area contributed by atoms with Crippen LogP contribution in [0.15, 0.2) is 12.3 Å². The number of nitrogens with zero attached hydrogens (tertiary/aromatic N) is 2. The number of hydrogen-bond donors (Lipinski definition) is 2. The summed E-state index contributed by atoms with van der Waals surface area (Å²) in [5.41, 5.74) is 0. The standard InChI is InChI=1S/C17H28N4O3S/c1-12(2)16-14(6-3-9-24-16)20-15-7-8-18-17(21-15)19-11-13-5-4-10-25(13,22)23/h7-8,12-14,16H,3-6,9-11H2,1-2H3,(H2,18,19,20,21)/t13-,14-,16-/m0/s1. The van der Waals surface area contributed by atoms with Gasteiger partial charge in [0.15, 0.2) is 9.84 Å². The second kappa shape index (κ2) is 7.86. The van der Waals surface area contributed by atoms with Gasteiger partial charge in [-0.1, -0.05) is 13.8 Å². The third-order valence-corrected chi connectivity index (χ3v) is 7.24. The maximum Gasteiger partial charge on any atom is 0.224 e. The smallest absolute Gasteiger partial charge is 0.224 e. The summed E-state index contributed by atoms with van der Waals surface area (Å²) in [4.78, 5) is 8.69. The van der Waals surface area contributed by atoms with Crippen LogP contribution in [0.1, 0.15) is 39.5 Å². The van der Waals surface area contributed by atoms with Crippen molar-refractivity contribution < 1.29 is 13.2 Å². The Bertz CT molecular complexity index is 680. The van der Waals surface area contributed by atoms with E-state index in [9.17, 15) is 8.42 Å². The van der Waals surface area contributed by atoms with E-state index in [-0.39, 0.29) is 17.4 Å². The molecule has 140 valence electrons. The number of aromatic nitrogens is 2. The average Bonchev–Trinajstić information content (AvgIpc) is 2.92. The third kappa shape index (κ3) is 4.61. The molecular weight excluding hydrogens is 340 g/mol. The molecule has 25 heavy (non-hydrogen) atoms. The number of nitrogens with one attached hydrogen (secondary N) is 2. The molecular formula is C17H28N4O3S. The molecule has 2 aliphatic heterocycles. The van der Waals surface area contributed by atoms with Crippen molar-refractivity contribution in [2.45, 2.75) is 56.9 Å². The van der Waals surface area contributed by atoms with E-state index in [0.29, 0.717) is 30.6 Å². The van der Waals surface area contributed by atoms with Crippen LogP contribution in [0.25, 0.3) is 0 Å². The van der Waals surface area contributed by atoms with E-state index in [1.807, 2.05) is 6.07 Å². The summed E-state index contributed by atoms with van der Waals surface area (Å²) in [5.74, 6) is 1.93. The Morgan fingerprint density at radius 1 is 1.32 bits per heavy atom. The van der Waals surface area contributed by atoms with Gasteiger partial charge in [-0.15, -0.1) is 0 Å². The first kappa shape index (κ1) is 18.4. The molecule has 2 saturated heterocycles. The fourth-order valence-electron chi connectivity index (χ4n) is 3.62. The molecule has 2 N–H and O–H groups in total. The highest BCUT2D eigenvalue weighted by atomic mass is 32.2. The second-order valence-corrected chi connectivity index (χ2v) is 9.65. The Kier molecular flexibility index (Phi) is 5.78. The molecule has 0 aliphatic carbocycles. The molecule has 8 heteroatoms. The molecule has 0 aromatic carbocycles. The predicted molar refractivity (Wildman–Crippen MR) is 98.6 cm³/mol. The van der Waals surface area contributed by atoms with Crippen LogP contribution in [-0.2, 0) is 14.6 Å².